The van der Waals surface area contributed by atoms with E-state index in [1.165, 1.54) is 4.80 Å². The summed E-state index contributed by atoms with van der Waals surface area (Å²) in [5.74, 6) is 0. The number of benzene rings is 4. The van der Waals surface area contributed by atoms with Crippen molar-refractivity contribution in [2.45, 2.75) is 0 Å². The predicted molar refractivity (Wildman–Crippen MR) is 126 cm³/mol. The van der Waals surface area contributed by atoms with E-state index in [9.17, 15) is 5.26 Å². The number of hydrogen-bond donors (Lipinski definition) is 0. The molecule has 5 aromatic rings. The second-order valence-corrected chi connectivity index (χ2v) is 7.19. The van der Waals surface area contributed by atoms with E-state index < -0.39 is 0 Å². The van der Waals surface area contributed by atoms with Gasteiger partial charge >= 0.3 is 0 Å². The third-order valence-electron chi connectivity index (χ3n) is 5.13. The van der Waals surface area contributed by atoms with Crippen molar-refractivity contribution in [1.82, 2.24) is 15.0 Å². The standard InChI is InChI=1S/C27H19N5/c28-20-26-27(21-10-4-1-5-11-21)30-32(29-26)25-18-16-24(17-19-25)31(22-12-6-2-7-13-22)23-14-8-3-9-15-23/h1-19H. The molecule has 0 fully saturated rings. The molecule has 32 heavy (non-hydrogen) atoms. The summed E-state index contributed by atoms with van der Waals surface area (Å²) in [5, 5.41) is 18.5. The van der Waals surface area contributed by atoms with E-state index >= 15 is 0 Å². The number of nitrogens with zero attached hydrogens (tertiary/aromatic N) is 5. The van der Waals surface area contributed by atoms with Gasteiger partial charge in [-0.05, 0) is 48.5 Å². The largest absolute Gasteiger partial charge is 0.311 e. The maximum Gasteiger partial charge on any atom is 0.191 e. The number of aromatic nitrogens is 3. The van der Waals surface area contributed by atoms with Crippen LogP contribution in [-0.4, -0.2) is 15.0 Å². The van der Waals surface area contributed by atoms with Crippen LogP contribution in [0.2, 0.25) is 0 Å². The second-order valence-electron chi connectivity index (χ2n) is 7.19. The van der Waals surface area contributed by atoms with Gasteiger partial charge in [-0.25, -0.2) is 0 Å². The van der Waals surface area contributed by atoms with Crippen LogP contribution in [0, 0.1) is 11.3 Å². The zero-order valence-corrected chi connectivity index (χ0v) is 17.2. The molecule has 152 valence electrons. The monoisotopic (exact) mass is 413 g/mol. The van der Waals surface area contributed by atoms with Gasteiger partial charge < -0.3 is 4.90 Å². The maximum atomic E-state index is 9.54. The maximum absolute atomic E-state index is 9.54. The van der Waals surface area contributed by atoms with Crippen LogP contribution in [0.3, 0.4) is 0 Å². The Morgan fingerprint density at radius 1 is 0.594 bits per heavy atom. The van der Waals surface area contributed by atoms with E-state index in [-0.39, 0.29) is 0 Å². The van der Waals surface area contributed by atoms with Crippen LogP contribution < -0.4 is 4.90 Å². The van der Waals surface area contributed by atoms with Gasteiger partial charge in [-0.1, -0.05) is 66.7 Å². The lowest BCUT2D eigenvalue weighted by molar-refractivity contribution is 0.751. The van der Waals surface area contributed by atoms with Crippen LogP contribution in [-0.2, 0) is 0 Å². The van der Waals surface area contributed by atoms with Crippen molar-refractivity contribution in [2.75, 3.05) is 4.90 Å². The van der Waals surface area contributed by atoms with E-state index in [1.807, 2.05) is 91.0 Å². The Hall–Kier alpha value is -4.69. The van der Waals surface area contributed by atoms with Gasteiger partial charge in [0.05, 0.1) is 5.69 Å². The van der Waals surface area contributed by atoms with Crippen LogP contribution in [0.1, 0.15) is 5.69 Å². The van der Waals surface area contributed by atoms with Crippen molar-refractivity contribution in [1.29, 1.82) is 5.26 Å². The van der Waals surface area contributed by atoms with E-state index in [4.69, 9.17) is 0 Å². The van der Waals surface area contributed by atoms with E-state index in [1.54, 1.807) is 0 Å². The molecule has 0 amide bonds. The highest BCUT2D eigenvalue weighted by Crippen LogP contribution is 2.34. The van der Waals surface area contributed by atoms with Crippen LogP contribution in [0.4, 0.5) is 17.1 Å². The molecule has 1 aromatic heterocycles. The fraction of sp³-hybridized carbons (Fsp3) is 0. The minimum atomic E-state index is 0.301. The Kier molecular flexibility index (Phi) is 5.17. The minimum Gasteiger partial charge on any atom is -0.311 e. The van der Waals surface area contributed by atoms with Crippen LogP contribution in [0.25, 0.3) is 16.9 Å². The summed E-state index contributed by atoms with van der Waals surface area (Å²) in [4.78, 5) is 3.70. The zero-order chi connectivity index (χ0) is 21.8. The summed E-state index contributed by atoms with van der Waals surface area (Å²) in [7, 11) is 0. The molecule has 0 aliphatic heterocycles. The molecule has 0 aliphatic rings. The lowest BCUT2D eigenvalue weighted by Crippen LogP contribution is -2.10. The smallest absolute Gasteiger partial charge is 0.191 e. The van der Waals surface area contributed by atoms with Gasteiger partial charge in [0.1, 0.15) is 11.8 Å². The molecule has 0 spiro atoms. The highest BCUT2D eigenvalue weighted by Gasteiger charge is 2.15. The first kappa shape index (κ1) is 19.3. The van der Waals surface area contributed by atoms with Gasteiger partial charge in [0.15, 0.2) is 5.69 Å². The number of hydrogen-bond acceptors (Lipinski definition) is 4. The predicted octanol–water partition coefficient (Wildman–Crippen LogP) is 6.28. The van der Waals surface area contributed by atoms with Crippen LogP contribution in [0.5, 0.6) is 0 Å². The quantitative estimate of drug-likeness (QED) is 0.340. The third kappa shape index (κ3) is 3.73. The molecule has 0 atom stereocenters. The van der Waals surface area contributed by atoms with Gasteiger partial charge in [-0.15, -0.1) is 15.0 Å². The van der Waals surface area contributed by atoms with Gasteiger partial charge in [0.2, 0.25) is 0 Å². The average molecular weight is 413 g/mol. The first-order chi connectivity index (χ1) is 15.8. The number of nitriles is 1. The molecule has 5 heteroatoms. The van der Waals surface area contributed by atoms with Gasteiger partial charge in [0, 0.05) is 22.6 Å². The Morgan fingerprint density at radius 2 is 1.09 bits per heavy atom. The van der Waals surface area contributed by atoms with Crippen molar-refractivity contribution in [3.8, 4) is 23.0 Å². The van der Waals surface area contributed by atoms with E-state index in [2.05, 4.69) is 45.4 Å². The zero-order valence-electron chi connectivity index (χ0n) is 17.2. The average Bonchev–Trinajstić information content (AvgIpc) is 3.31. The Morgan fingerprint density at radius 3 is 1.62 bits per heavy atom. The fourth-order valence-corrected chi connectivity index (χ4v) is 3.62. The summed E-state index contributed by atoms with van der Waals surface area (Å²) in [5.41, 5.74) is 5.69. The van der Waals surface area contributed by atoms with E-state index in [0.717, 1.165) is 28.3 Å². The first-order valence-electron chi connectivity index (χ1n) is 10.3. The molecule has 0 N–H and O–H groups in total. The summed E-state index contributed by atoms with van der Waals surface area (Å²) in [6.07, 6.45) is 0. The molecule has 0 saturated carbocycles. The molecule has 0 saturated heterocycles. The first-order valence-corrected chi connectivity index (χ1v) is 10.3. The normalized spacial score (nSPS) is 10.5. The van der Waals surface area contributed by atoms with Gasteiger partial charge in [0.25, 0.3) is 0 Å². The van der Waals surface area contributed by atoms with Gasteiger partial charge in [-0.2, -0.15) is 5.26 Å². The summed E-state index contributed by atoms with van der Waals surface area (Å²) in [6, 6.07) is 40.3. The van der Waals surface area contributed by atoms with Gasteiger partial charge in [-0.3, -0.25) is 0 Å². The minimum absolute atomic E-state index is 0.301. The lowest BCUT2D eigenvalue weighted by Gasteiger charge is -2.25. The number of rotatable bonds is 5. The SMILES string of the molecule is N#Cc1nn(-c2ccc(N(c3ccccc3)c3ccccc3)cc2)nc1-c1ccccc1. The highest BCUT2D eigenvalue weighted by molar-refractivity contribution is 5.76. The molecule has 5 nitrogen and oxygen atoms in total. The fourth-order valence-electron chi connectivity index (χ4n) is 3.62. The van der Waals surface area contributed by atoms with Crippen molar-refractivity contribution in [2.24, 2.45) is 0 Å². The molecule has 1 heterocycles. The van der Waals surface area contributed by atoms with Crippen LogP contribution >= 0.6 is 0 Å². The third-order valence-corrected chi connectivity index (χ3v) is 5.13. The van der Waals surface area contributed by atoms with Crippen molar-refractivity contribution < 1.29 is 0 Å². The van der Waals surface area contributed by atoms with Crippen molar-refractivity contribution in [3.05, 3.63) is 121 Å². The molecule has 0 radical (unpaired) electrons. The Balaban J connectivity index is 1.53. The van der Waals surface area contributed by atoms with Crippen molar-refractivity contribution in [3.63, 3.8) is 0 Å². The molecule has 4 aromatic carbocycles. The Labute approximate surface area is 186 Å². The number of para-hydroxylation sites is 2. The number of anilines is 3. The topological polar surface area (TPSA) is 57.7 Å². The summed E-state index contributed by atoms with van der Waals surface area (Å²) in [6.45, 7) is 0. The highest BCUT2D eigenvalue weighted by atomic mass is 15.5. The summed E-state index contributed by atoms with van der Waals surface area (Å²) < 4.78 is 0. The molecule has 0 bridgehead atoms. The molecular formula is C27H19N5. The van der Waals surface area contributed by atoms with Crippen LogP contribution in [0.15, 0.2) is 115 Å². The summed E-state index contributed by atoms with van der Waals surface area (Å²) >= 11 is 0. The second kappa shape index (κ2) is 8.58. The lowest BCUT2D eigenvalue weighted by atomic mass is 10.1. The molecule has 5 rings (SSSR count). The van der Waals surface area contributed by atoms with E-state index in [0.29, 0.717) is 11.4 Å². The molecule has 0 aliphatic carbocycles. The molecular weight excluding hydrogens is 394 g/mol. The molecule has 0 unspecified atom stereocenters. The van der Waals surface area contributed by atoms with Crippen molar-refractivity contribution >= 4 is 17.1 Å². The Bertz CT molecular complexity index is 1310.